The van der Waals surface area contributed by atoms with Gasteiger partial charge in [-0.15, -0.1) is 0 Å². The number of halogens is 1. The van der Waals surface area contributed by atoms with Gasteiger partial charge >= 0.3 is 5.97 Å². The second kappa shape index (κ2) is 6.09. The zero-order valence-electron chi connectivity index (χ0n) is 11.3. The van der Waals surface area contributed by atoms with Gasteiger partial charge in [-0.3, -0.25) is 14.5 Å². The van der Waals surface area contributed by atoms with Crippen LogP contribution in [-0.4, -0.2) is 35.2 Å². The second-order valence-corrected chi connectivity index (χ2v) is 5.27. The average Bonchev–Trinajstić information content (AvgIpc) is 2.74. The topological polar surface area (TPSA) is 63.7 Å². The van der Waals surface area contributed by atoms with Crippen molar-refractivity contribution in [2.75, 3.05) is 7.11 Å². The first-order chi connectivity index (χ1) is 9.95. The van der Waals surface area contributed by atoms with E-state index in [9.17, 15) is 18.8 Å². The van der Waals surface area contributed by atoms with E-state index in [4.69, 9.17) is 0 Å². The number of hydrogen-bond acceptors (Lipinski definition) is 5. The van der Waals surface area contributed by atoms with E-state index in [1.165, 1.54) is 38.3 Å². The van der Waals surface area contributed by atoms with Gasteiger partial charge in [0.2, 0.25) is 0 Å². The third-order valence-electron chi connectivity index (χ3n) is 2.94. The molecule has 1 aromatic rings. The SMILES string of the molecule is COC(=O)[C@@H](C)N1C(=O)S/C(=C/c2ccccc2F)C1=O. The van der Waals surface area contributed by atoms with Crippen LogP contribution in [0, 0.1) is 5.82 Å². The summed E-state index contributed by atoms with van der Waals surface area (Å²) in [6.07, 6.45) is 1.30. The maximum Gasteiger partial charge on any atom is 0.328 e. The Labute approximate surface area is 124 Å². The predicted octanol–water partition coefficient (Wildman–Crippen LogP) is 2.42. The predicted molar refractivity (Wildman–Crippen MR) is 75.7 cm³/mol. The second-order valence-electron chi connectivity index (χ2n) is 4.27. The molecular formula is C14H12FNO4S. The number of rotatable bonds is 3. The third-order valence-corrected chi connectivity index (χ3v) is 3.83. The zero-order valence-corrected chi connectivity index (χ0v) is 12.1. The molecule has 0 unspecified atom stereocenters. The lowest BCUT2D eigenvalue weighted by atomic mass is 10.2. The molecule has 1 atom stereocenters. The Morgan fingerprint density at radius 1 is 1.38 bits per heavy atom. The van der Waals surface area contributed by atoms with Crippen molar-refractivity contribution in [1.29, 1.82) is 0 Å². The standard InChI is InChI=1S/C14H12FNO4S/c1-8(13(18)20-2)16-12(17)11(21-14(16)19)7-9-5-3-4-6-10(9)15/h3-8H,1-2H3/b11-7+/t8-/m1/s1. The van der Waals surface area contributed by atoms with Crippen LogP contribution in [0.5, 0.6) is 0 Å². The molecule has 0 saturated carbocycles. The van der Waals surface area contributed by atoms with Gasteiger partial charge < -0.3 is 4.74 Å². The molecule has 21 heavy (non-hydrogen) atoms. The molecule has 1 fully saturated rings. The summed E-state index contributed by atoms with van der Waals surface area (Å²) in [5.74, 6) is -1.82. The first-order valence-corrected chi connectivity index (χ1v) is 6.86. The number of carbonyl (C=O) groups excluding carboxylic acids is 3. The molecule has 0 N–H and O–H groups in total. The van der Waals surface area contributed by atoms with Gasteiger partial charge in [0.05, 0.1) is 12.0 Å². The Kier molecular flexibility index (Phi) is 4.42. The average molecular weight is 309 g/mol. The monoisotopic (exact) mass is 309 g/mol. The number of esters is 1. The summed E-state index contributed by atoms with van der Waals surface area (Å²) >= 11 is 0.666. The fourth-order valence-electron chi connectivity index (χ4n) is 1.82. The zero-order chi connectivity index (χ0) is 15.6. The number of nitrogens with zero attached hydrogens (tertiary/aromatic N) is 1. The van der Waals surface area contributed by atoms with E-state index >= 15 is 0 Å². The van der Waals surface area contributed by atoms with Crippen LogP contribution in [0.15, 0.2) is 29.2 Å². The molecular weight excluding hydrogens is 297 g/mol. The molecule has 2 rings (SSSR count). The van der Waals surface area contributed by atoms with Crippen molar-refractivity contribution >= 4 is 35.0 Å². The lowest BCUT2D eigenvalue weighted by molar-refractivity contribution is -0.148. The number of amides is 2. The van der Waals surface area contributed by atoms with E-state index in [1.807, 2.05) is 0 Å². The van der Waals surface area contributed by atoms with Gasteiger partial charge in [0.25, 0.3) is 11.1 Å². The molecule has 2 amide bonds. The Bertz CT molecular complexity index is 644. The molecule has 0 aromatic heterocycles. The fourth-order valence-corrected chi connectivity index (χ4v) is 2.72. The molecule has 5 nitrogen and oxygen atoms in total. The number of benzene rings is 1. The summed E-state index contributed by atoms with van der Waals surface area (Å²) in [4.78, 5) is 36.4. The highest BCUT2D eigenvalue weighted by Crippen LogP contribution is 2.34. The van der Waals surface area contributed by atoms with Gasteiger partial charge in [-0.2, -0.15) is 0 Å². The van der Waals surface area contributed by atoms with Crippen LogP contribution >= 0.6 is 11.8 Å². The molecule has 0 aliphatic carbocycles. The van der Waals surface area contributed by atoms with Crippen LogP contribution in [-0.2, 0) is 14.3 Å². The number of thioether (sulfide) groups is 1. The van der Waals surface area contributed by atoms with Crippen LogP contribution in [0.1, 0.15) is 12.5 Å². The first-order valence-electron chi connectivity index (χ1n) is 6.05. The van der Waals surface area contributed by atoms with Gasteiger partial charge in [-0.1, -0.05) is 18.2 Å². The van der Waals surface area contributed by atoms with Crippen LogP contribution in [0.2, 0.25) is 0 Å². The highest BCUT2D eigenvalue weighted by molar-refractivity contribution is 8.18. The number of imide groups is 1. The molecule has 1 aliphatic heterocycles. The van der Waals surface area contributed by atoms with Crippen LogP contribution in [0.3, 0.4) is 0 Å². The summed E-state index contributed by atoms with van der Waals surface area (Å²) in [5.41, 5.74) is 0.203. The lowest BCUT2D eigenvalue weighted by Crippen LogP contribution is -2.42. The normalized spacial score (nSPS) is 18.2. The van der Waals surface area contributed by atoms with Gasteiger partial charge in [0.1, 0.15) is 11.9 Å². The van der Waals surface area contributed by atoms with Crippen molar-refractivity contribution in [2.45, 2.75) is 13.0 Å². The van der Waals surface area contributed by atoms with Gasteiger partial charge in [-0.05, 0) is 30.8 Å². The largest absolute Gasteiger partial charge is 0.467 e. The number of hydrogen-bond donors (Lipinski definition) is 0. The highest BCUT2D eigenvalue weighted by Gasteiger charge is 2.41. The van der Waals surface area contributed by atoms with E-state index in [0.29, 0.717) is 11.8 Å². The van der Waals surface area contributed by atoms with E-state index in [0.717, 1.165) is 4.90 Å². The van der Waals surface area contributed by atoms with Gasteiger partial charge in [0.15, 0.2) is 0 Å². The number of methoxy groups -OCH3 is 1. The Balaban J connectivity index is 2.30. The Hall–Kier alpha value is -2.15. The molecule has 0 bridgehead atoms. The molecule has 1 aromatic carbocycles. The maximum absolute atomic E-state index is 13.6. The summed E-state index contributed by atoms with van der Waals surface area (Å²) in [7, 11) is 1.17. The van der Waals surface area contributed by atoms with Crippen molar-refractivity contribution in [1.82, 2.24) is 4.90 Å². The van der Waals surface area contributed by atoms with Crippen molar-refractivity contribution in [3.63, 3.8) is 0 Å². The van der Waals surface area contributed by atoms with Crippen molar-refractivity contribution < 1.29 is 23.5 Å². The quantitative estimate of drug-likeness (QED) is 0.634. The molecule has 0 spiro atoms. The Morgan fingerprint density at radius 2 is 2.05 bits per heavy atom. The highest BCUT2D eigenvalue weighted by atomic mass is 32.2. The lowest BCUT2D eigenvalue weighted by Gasteiger charge is -2.18. The first kappa shape index (κ1) is 15.2. The van der Waals surface area contributed by atoms with Crippen LogP contribution in [0.25, 0.3) is 6.08 Å². The van der Waals surface area contributed by atoms with Crippen molar-refractivity contribution in [2.24, 2.45) is 0 Å². The van der Waals surface area contributed by atoms with E-state index in [2.05, 4.69) is 4.74 Å². The molecule has 1 saturated heterocycles. The van der Waals surface area contributed by atoms with Crippen LogP contribution in [0.4, 0.5) is 9.18 Å². The molecule has 1 aliphatic rings. The number of ether oxygens (including phenoxy) is 1. The summed E-state index contributed by atoms with van der Waals surface area (Å²) in [6, 6.07) is 4.88. The molecule has 110 valence electrons. The molecule has 7 heteroatoms. The third kappa shape index (κ3) is 2.97. The summed E-state index contributed by atoms with van der Waals surface area (Å²) in [6.45, 7) is 1.40. The summed E-state index contributed by atoms with van der Waals surface area (Å²) < 4.78 is 18.1. The van der Waals surface area contributed by atoms with E-state index in [-0.39, 0.29) is 10.5 Å². The fraction of sp³-hybridized carbons (Fsp3) is 0.214. The minimum absolute atomic E-state index is 0.0702. The molecule has 1 heterocycles. The molecule has 0 radical (unpaired) electrons. The minimum Gasteiger partial charge on any atom is -0.467 e. The van der Waals surface area contributed by atoms with Crippen LogP contribution < -0.4 is 0 Å². The van der Waals surface area contributed by atoms with Crippen molar-refractivity contribution in [3.8, 4) is 0 Å². The maximum atomic E-state index is 13.6. The van der Waals surface area contributed by atoms with Gasteiger partial charge in [-0.25, -0.2) is 9.18 Å². The minimum atomic E-state index is -1.02. The smallest absolute Gasteiger partial charge is 0.328 e. The van der Waals surface area contributed by atoms with E-state index < -0.39 is 29.0 Å². The van der Waals surface area contributed by atoms with Gasteiger partial charge in [0, 0.05) is 5.56 Å². The summed E-state index contributed by atoms with van der Waals surface area (Å²) in [5, 5.41) is -0.583. The van der Waals surface area contributed by atoms with E-state index in [1.54, 1.807) is 6.07 Å². The van der Waals surface area contributed by atoms with Crippen molar-refractivity contribution in [3.05, 3.63) is 40.6 Å². The Morgan fingerprint density at radius 3 is 2.67 bits per heavy atom. The number of carbonyl (C=O) groups is 3.